The summed E-state index contributed by atoms with van der Waals surface area (Å²) in [5.41, 5.74) is 5.28. The van der Waals surface area contributed by atoms with Crippen molar-refractivity contribution in [1.82, 2.24) is 4.57 Å². The number of ketones is 1. The smallest absolute Gasteiger partial charge is 0.270 e. The largest absolute Gasteiger partial charge is 0.493 e. The van der Waals surface area contributed by atoms with E-state index in [0.29, 0.717) is 32.1 Å². The van der Waals surface area contributed by atoms with Gasteiger partial charge in [0.2, 0.25) is 5.72 Å². The van der Waals surface area contributed by atoms with Gasteiger partial charge < -0.3 is 19.9 Å². The number of carbonyl (C=O) groups is 2. The van der Waals surface area contributed by atoms with Crippen LogP contribution in [0.1, 0.15) is 31.0 Å². The Morgan fingerprint density at radius 2 is 2.03 bits per heavy atom. The molecule has 3 unspecified atom stereocenters. The first-order valence-corrected chi connectivity index (χ1v) is 11.7. The highest BCUT2D eigenvalue weighted by Gasteiger charge is 2.53. The van der Waals surface area contributed by atoms with Crippen molar-refractivity contribution in [3.63, 3.8) is 0 Å². The lowest BCUT2D eigenvalue weighted by molar-refractivity contribution is -0.132. The summed E-state index contributed by atoms with van der Waals surface area (Å²) in [6.07, 6.45) is 1.73. The Morgan fingerprint density at radius 1 is 1.26 bits per heavy atom. The third kappa shape index (κ3) is 3.79. The lowest BCUT2D eigenvalue weighted by Gasteiger charge is -2.45. The van der Waals surface area contributed by atoms with E-state index in [9.17, 15) is 14.4 Å². The van der Waals surface area contributed by atoms with Gasteiger partial charge in [0.05, 0.1) is 17.7 Å². The van der Waals surface area contributed by atoms with Crippen LogP contribution in [0.15, 0.2) is 52.3 Å². The molecule has 3 heterocycles. The Labute approximate surface area is 204 Å². The van der Waals surface area contributed by atoms with Crippen LogP contribution in [0.25, 0.3) is 6.08 Å². The fraction of sp³-hybridized carbons (Fsp3) is 0.280. The Hall–Kier alpha value is -3.92. The van der Waals surface area contributed by atoms with Crippen LogP contribution in [0.2, 0.25) is 0 Å². The molecule has 0 radical (unpaired) electrons. The number of nitrogens with zero attached hydrogens (tertiary/aromatic N) is 2. The van der Waals surface area contributed by atoms with E-state index in [1.165, 1.54) is 25.4 Å². The highest BCUT2D eigenvalue weighted by atomic mass is 32.1. The van der Waals surface area contributed by atoms with Gasteiger partial charge in [-0.1, -0.05) is 35.6 Å². The zero-order chi connectivity index (χ0) is 24.9. The maximum atomic E-state index is 13.6. The zero-order valence-corrected chi connectivity index (χ0v) is 20.1. The maximum absolute atomic E-state index is 13.6. The van der Waals surface area contributed by atoms with Crippen molar-refractivity contribution in [2.24, 2.45) is 16.6 Å². The quantitative estimate of drug-likeness (QED) is 0.550. The molecule has 1 aromatic heterocycles. The average molecular weight is 494 g/mol. The summed E-state index contributed by atoms with van der Waals surface area (Å²) in [7, 11) is 1.48. The molecule has 2 aliphatic rings. The fourth-order valence-electron chi connectivity index (χ4n) is 4.75. The minimum Gasteiger partial charge on any atom is -0.493 e. The standard InChI is InChI=1S/C25H23N3O6S/c1-13(29)21-22-15-6-4-5-7-16(15)34-25(21,2)27-24-28(22)23(31)19(35-24)11-14-8-9-17(18(10-14)32-3)33-12-20(26)30/h4-11,21-22H,12H2,1-3H3,(H2,26,30)/b19-11-. The van der Waals surface area contributed by atoms with Crippen molar-refractivity contribution in [3.8, 4) is 17.2 Å². The minimum atomic E-state index is -1.11. The average Bonchev–Trinajstić information content (AvgIpc) is 3.10. The number of benzene rings is 2. The van der Waals surface area contributed by atoms with Gasteiger partial charge in [-0.05, 0) is 43.7 Å². The second kappa shape index (κ2) is 8.38. The molecule has 180 valence electrons. The topological polar surface area (TPSA) is 122 Å². The number of methoxy groups -OCH3 is 1. The number of hydrogen-bond acceptors (Lipinski definition) is 8. The van der Waals surface area contributed by atoms with Crippen molar-refractivity contribution in [2.45, 2.75) is 25.6 Å². The van der Waals surface area contributed by atoms with Gasteiger partial charge in [-0.15, -0.1) is 0 Å². The molecule has 2 aliphatic heterocycles. The van der Waals surface area contributed by atoms with Crippen molar-refractivity contribution in [3.05, 3.63) is 73.3 Å². The number of fused-ring (bicyclic) bond motifs is 6. The number of aromatic nitrogens is 1. The predicted octanol–water partition coefficient (Wildman–Crippen LogP) is 1.15. The normalized spacial score (nSPS) is 22.3. The molecular weight excluding hydrogens is 470 g/mol. The predicted molar refractivity (Wildman–Crippen MR) is 128 cm³/mol. The molecule has 2 aromatic carbocycles. The number of thiazole rings is 1. The third-order valence-electron chi connectivity index (χ3n) is 6.17. The first kappa shape index (κ1) is 22.9. The number of ether oxygens (including phenoxy) is 3. The minimum absolute atomic E-state index is 0.0960. The molecule has 3 aromatic rings. The molecule has 2 bridgehead atoms. The number of carbonyl (C=O) groups excluding carboxylic acids is 2. The van der Waals surface area contributed by atoms with Crippen LogP contribution >= 0.6 is 11.3 Å². The second-order valence-electron chi connectivity index (χ2n) is 8.57. The van der Waals surface area contributed by atoms with Gasteiger partial charge in [-0.2, -0.15) is 0 Å². The van der Waals surface area contributed by atoms with Crippen LogP contribution < -0.4 is 34.8 Å². The van der Waals surface area contributed by atoms with E-state index >= 15 is 0 Å². The first-order valence-electron chi connectivity index (χ1n) is 10.9. The number of Topliss-reactive ketones (excluding diaryl/α,β-unsaturated/α-hetero) is 1. The number of rotatable bonds is 6. The number of hydrogen-bond donors (Lipinski definition) is 1. The number of primary amides is 1. The van der Waals surface area contributed by atoms with Gasteiger partial charge in [-0.3, -0.25) is 19.0 Å². The summed E-state index contributed by atoms with van der Waals surface area (Å²) in [4.78, 5) is 42.6. The molecule has 1 amide bonds. The molecule has 0 saturated carbocycles. The van der Waals surface area contributed by atoms with Crippen LogP contribution in [0, 0.1) is 5.92 Å². The van der Waals surface area contributed by atoms with Crippen molar-refractivity contribution in [1.29, 1.82) is 0 Å². The lowest BCUT2D eigenvalue weighted by Crippen LogP contribution is -2.58. The first-order chi connectivity index (χ1) is 16.7. The van der Waals surface area contributed by atoms with Crippen molar-refractivity contribution < 1.29 is 23.8 Å². The van der Waals surface area contributed by atoms with E-state index < -0.39 is 23.6 Å². The molecule has 10 heteroatoms. The summed E-state index contributed by atoms with van der Waals surface area (Å²) >= 11 is 1.24. The summed E-state index contributed by atoms with van der Waals surface area (Å²) < 4.78 is 19.0. The molecule has 0 fully saturated rings. The summed E-state index contributed by atoms with van der Waals surface area (Å²) in [6, 6.07) is 12.0. The lowest BCUT2D eigenvalue weighted by atomic mass is 9.79. The van der Waals surface area contributed by atoms with Gasteiger partial charge in [0.1, 0.15) is 17.5 Å². The summed E-state index contributed by atoms with van der Waals surface area (Å²) in [5.74, 6) is 0.0470. The van der Waals surface area contributed by atoms with E-state index in [0.717, 1.165) is 5.56 Å². The molecule has 0 spiro atoms. The molecule has 9 nitrogen and oxygen atoms in total. The van der Waals surface area contributed by atoms with Crippen LogP contribution in [0.5, 0.6) is 17.2 Å². The molecule has 35 heavy (non-hydrogen) atoms. The van der Waals surface area contributed by atoms with Gasteiger partial charge in [-0.25, -0.2) is 4.99 Å². The van der Waals surface area contributed by atoms with E-state index in [1.54, 1.807) is 35.8 Å². The Balaban J connectivity index is 1.65. The molecule has 2 N–H and O–H groups in total. The Morgan fingerprint density at radius 3 is 2.74 bits per heavy atom. The van der Waals surface area contributed by atoms with Crippen LogP contribution in [0.3, 0.4) is 0 Å². The summed E-state index contributed by atoms with van der Waals surface area (Å²) in [5, 5.41) is 0. The van der Waals surface area contributed by atoms with E-state index in [4.69, 9.17) is 24.9 Å². The van der Waals surface area contributed by atoms with Gasteiger partial charge in [0.25, 0.3) is 11.5 Å². The van der Waals surface area contributed by atoms with Gasteiger partial charge in [0.15, 0.2) is 22.9 Å². The van der Waals surface area contributed by atoms with Gasteiger partial charge >= 0.3 is 0 Å². The zero-order valence-electron chi connectivity index (χ0n) is 19.3. The SMILES string of the molecule is COc1cc(/C=c2\sc3n(c2=O)C2c4ccccc4OC(C)(N=3)C2C(C)=O)ccc1OCC(N)=O. The highest BCUT2D eigenvalue weighted by molar-refractivity contribution is 7.07. The monoisotopic (exact) mass is 493 g/mol. The van der Waals surface area contributed by atoms with Crippen LogP contribution in [-0.2, 0) is 9.59 Å². The van der Waals surface area contributed by atoms with Crippen LogP contribution in [-0.4, -0.2) is 35.7 Å². The Kier molecular flexibility index (Phi) is 5.47. The van der Waals surface area contributed by atoms with E-state index in [-0.39, 0.29) is 17.9 Å². The maximum Gasteiger partial charge on any atom is 0.270 e. The van der Waals surface area contributed by atoms with E-state index in [2.05, 4.69) is 0 Å². The number of para-hydroxylation sites is 1. The fourth-order valence-corrected chi connectivity index (χ4v) is 5.85. The van der Waals surface area contributed by atoms with Crippen LogP contribution in [0.4, 0.5) is 0 Å². The summed E-state index contributed by atoms with van der Waals surface area (Å²) in [6.45, 7) is 3.02. The molecular formula is C25H23N3O6S. The molecule has 0 saturated heterocycles. The second-order valence-corrected chi connectivity index (χ2v) is 9.58. The van der Waals surface area contributed by atoms with Crippen molar-refractivity contribution in [2.75, 3.05) is 13.7 Å². The van der Waals surface area contributed by atoms with Crippen molar-refractivity contribution >= 4 is 29.1 Å². The third-order valence-corrected chi connectivity index (χ3v) is 7.16. The molecule has 3 atom stereocenters. The molecule has 0 aliphatic carbocycles. The number of amides is 1. The Bertz CT molecular complexity index is 1540. The highest BCUT2D eigenvalue weighted by Crippen LogP contribution is 2.47. The number of nitrogens with two attached hydrogens (primary N) is 1. The molecule has 5 rings (SSSR count). The van der Waals surface area contributed by atoms with E-state index in [1.807, 2.05) is 24.3 Å². The van der Waals surface area contributed by atoms with Gasteiger partial charge in [0, 0.05) is 5.56 Å².